The highest BCUT2D eigenvalue weighted by Gasteiger charge is 2.31. The lowest BCUT2D eigenvalue weighted by molar-refractivity contribution is -0.128. The van der Waals surface area contributed by atoms with Gasteiger partial charge in [0.2, 0.25) is 0 Å². The number of ketones is 1. The Morgan fingerprint density at radius 3 is 2.70 bits per heavy atom. The molecule has 2 aromatic carbocycles. The van der Waals surface area contributed by atoms with Gasteiger partial charge in [0.1, 0.15) is 34.7 Å². The van der Waals surface area contributed by atoms with Crippen molar-refractivity contribution < 1.29 is 38.4 Å². The number of phenols is 2. The lowest BCUT2D eigenvalue weighted by Gasteiger charge is -2.26. The van der Waals surface area contributed by atoms with Gasteiger partial charge in [-0.1, -0.05) is 6.07 Å². The van der Waals surface area contributed by atoms with Crippen molar-refractivity contribution in [2.75, 3.05) is 7.11 Å². The Morgan fingerprint density at radius 2 is 2.00 bits per heavy atom. The number of Topliss-reactive ketones (excluding diaryl/α,β-unsaturated/α-hetero) is 1. The molecule has 8 nitrogen and oxygen atoms in total. The van der Waals surface area contributed by atoms with Crippen molar-refractivity contribution in [3.05, 3.63) is 77.4 Å². The van der Waals surface area contributed by atoms with E-state index in [0.717, 1.165) is 18.3 Å². The molecule has 0 fully saturated rings. The maximum Gasteiger partial charge on any atom is 0.336 e. The van der Waals surface area contributed by atoms with Crippen LogP contribution < -0.4 is 14.2 Å². The van der Waals surface area contributed by atoms with E-state index in [2.05, 4.69) is 4.98 Å². The third-order valence-corrected chi connectivity index (χ3v) is 4.91. The van der Waals surface area contributed by atoms with E-state index in [1.165, 1.54) is 37.5 Å². The predicted molar refractivity (Wildman–Crippen MR) is 114 cm³/mol. The maximum atomic E-state index is 12.9. The number of hydrogen-bond donors (Lipinski definition) is 2. The number of hydrogen-bond acceptors (Lipinski definition) is 8. The first-order chi connectivity index (χ1) is 15.8. The second kappa shape index (κ2) is 8.99. The van der Waals surface area contributed by atoms with Crippen LogP contribution in [-0.4, -0.2) is 34.1 Å². The van der Waals surface area contributed by atoms with Gasteiger partial charge in [0.05, 0.1) is 25.4 Å². The van der Waals surface area contributed by atoms with Crippen molar-refractivity contribution in [1.29, 1.82) is 0 Å². The number of pyridine rings is 1. The molecule has 0 amide bonds. The zero-order chi connectivity index (χ0) is 23.5. The van der Waals surface area contributed by atoms with Crippen molar-refractivity contribution in [1.82, 2.24) is 4.98 Å². The largest absolute Gasteiger partial charge is 0.507 e. The summed E-state index contributed by atoms with van der Waals surface area (Å²) in [5, 5.41) is 20.3. The van der Waals surface area contributed by atoms with E-state index in [1.807, 2.05) is 0 Å². The van der Waals surface area contributed by atoms with Gasteiger partial charge in [-0.15, -0.1) is 0 Å². The van der Waals surface area contributed by atoms with Crippen molar-refractivity contribution in [2.24, 2.45) is 0 Å². The molecule has 0 spiro atoms. The van der Waals surface area contributed by atoms with E-state index in [-0.39, 0.29) is 46.5 Å². The molecule has 0 bridgehead atoms. The first-order valence-electron chi connectivity index (χ1n) is 9.79. The van der Waals surface area contributed by atoms with E-state index in [9.17, 15) is 24.2 Å². The van der Waals surface area contributed by atoms with Crippen molar-refractivity contribution >= 4 is 17.8 Å². The Balaban J connectivity index is 1.54. The third kappa shape index (κ3) is 4.77. The Hall–Kier alpha value is -4.40. The topological polar surface area (TPSA) is 115 Å². The van der Waals surface area contributed by atoms with Crippen LogP contribution in [0.4, 0.5) is 4.39 Å². The average molecular weight is 451 g/mol. The first kappa shape index (κ1) is 21.8. The Kier molecular flexibility index (Phi) is 5.95. The second-order valence-electron chi connectivity index (χ2n) is 7.14. The Morgan fingerprint density at radius 1 is 1.18 bits per heavy atom. The smallest absolute Gasteiger partial charge is 0.336 e. The fourth-order valence-corrected chi connectivity index (χ4v) is 3.36. The quantitative estimate of drug-likeness (QED) is 0.340. The lowest BCUT2D eigenvalue weighted by Crippen LogP contribution is -2.20. The zero-order valence-electron chi connectivity index (χ0n) is 17.3. The van der Waals surface area contributed by atoms with Crippen LogP contribution >= 0.6 is 0 Å². The SMILES string of the molecule is COc1ccc([C@@H]2CC(=O)c3c(O)cc(OC(=O)/C=C/c4ccc(F)cn4)cc3O2)cc1O. The van der Waals surface area contributed by atoms with Gasteiger partial charge in [0.25, 0.3) is 0 Å². The number of phenolic OH excluding ortho intramolecular Hbond substituents is 2. The molecule has 0 unspecified atom stereocenters. The van der Waals surface area contributed by atoms with Crippen LogP contribution in [0.2, 0.25) is 0 Å². The minimum Gasteiger partial charge on any atom is -0.507 e. The zero-order valence-corrected chi connectivity index (χ0v) is 17.3. The number of benzene rings is 2. The molecule has 0 radical (unpaired) electrons. The number of esters is 1. The Bertz CT molecular complexity index is 1250. The Labute approximate surface area is 187 Å². The van der Waals surface area contributed by atoms with E-state index in [0.29, 0.717) is 11.3 Å². The van der Waals surface area contributed by atoms with Crippen LogP contribution in [0.1, 0.15) is 34.1 Å². The summed E-state index contributed by atoms with van der Waals surface area (Å²) in [7, 11) is 1.42. The molecule has 3 aromatic rings. The van der Waals surface area contributed by atoms with Gasteiger partial charge in [-0.3, -0.25) is 9.78 Å². The summed E-state index contributed by atoms with van der Waals surface area (Å²) in [4.78, 5) is 28.6. The van der Waals surface area contributed by atoms with Crippen LogP contribution in [0, 0.1) is 5.82 Å². The number of nitrogens with zero attached hydrogens (tertiary/aromatic N) is 1. The average Bonchev–Trinajstić information content (AvgIpc) is 2.78. The van der Waals surface area contributed by atoms with Gasteiger partial charge < -0.3 is 24.4 Å². The normalized spacial score (nSPS) is 15.1. The minimum atomic E-state index is -0.778. The summed E-state index contributed by atoms with van der Waals surface area (Å²) in [5.74, 6) is -1.87. The highest BCUT2D eigenvalue weighted by Crippen LogP contribution is 2.43. The summed E-state index contributed by atoms with van der Waals surface area (Å²) >= 11 is 0. The molecule has 0 aliphatic carbocycles. The maximum absolute atomic E-state index is 12.9. The van der Waals surface area contributed by atoms with E-state index in [1.54, 1.807) is 12.1 Å². The number of carbonyl (C=O) groups is 2. The van der Waals surface area contributed by atoms with Gasteiger partial charge in [-0.25, -0.2) is 9.18 Å². The molecule has 4 rings (SSSR count). The van der Waals surface area contributed by atoms with Crippen LogP contribution in [-0.2, 0) is 4.79 Å². The molecule has 1 aliphatic heterocycles. The lowest BCUT2D eigenvalue weighted by atomic mass is 9.95. The fourth-order valence-electron chi connectivity index (χ4n) is 3.36. The van der Waals surface area contributed by atoms with Gasteiger partial charge in [-0.05, 0) is 35.9 Å². The monoisotopic (exact) mass is 451 g/mol. The van der Waals surface area contributed by atoms with Crippen molar-refractivity contribution in [3.8, 4) is 28.7 Å². The number of fused-ring (bicyclic) bond motifs is 1. The molecule has 0 saturated carbocycles. The summed E-state index contributed by atoms with van der Waals surface area (Å²) in [6.45, 7) is 0. The molecule has 2 heterocycles. The highest BCUT2D eigenvalue weighted by molar-refractivity contribution is 6.03. The highest BCUT2D eigenvalue weighted by atomic mass is 19.1. The number of rotatable bonds is 5. The van der Waals surface area contributed by atoms with Crippen LogP contribution in [0.5, 0.6) is 28.7 Å². The van der Waals surface area contributed by atoms with Gasteiger partial charge >= 0.3 is 5.97 Å². The molecular weight excluding hydrogens is 433 g/mol. The summed E-state index contributed by atoms with van der Waals surface area (Å²) < 4.78 is 29.0. The molecule has 33 heavy (non-hydrogen) atoms. The standard InChI is InChI=1S/C24H18FNO7/c1-31-20-6-2-13(8-17(20)27)21-11-19(29)24-18(28)9-16(10-22(24)33-21)32-23(30)7-5-15-4-3-14(25)12-26-15/h2-10,12,21,27-28H,11H2,1H3/b7-5+/t21-/m0/s1. The van der Waals surface area contributed by atoms with Crippen LogP contribution in [0.3, 0.4) is 0 Å². The molecule has 1 atom stereocenters. The summed E-state index contributed by atoms with van der Waals surface area (Å²) in [5.41, 5.74) is 0.861. The molecule has 9 heteroatoms. The van der Waals surface area contributed by atoms with E-state index < -0.39 is 17.9 Å². The number of methoxy groups -OCH3 is 1. The van der Waals surface area contributed by atoms with Gasteiger partial charge in [0, 0.05) is 18.2 Å². The van der Waals surface area contributed by atoms with Gasteiger partial charge in [-0.2, -0.15) is 0 Å². The number of carbonyl (C=O) groups excluding carboxylic acids is 2. The fraction of sp³-hybridized carbons (Fsp3) is 0.125. The first-order valence-corrected chi connectivity index (χ1v) is 9.79. The summed E-state index contributed by atoms with van der Waals surface area (Å²) in [6, 6.07) is 9.68. The van der Waals surface area contributed by atoms with Crippen molar-refractivity contribution in [3.63, 3.8) is 0 Å². The van der Waals surface area contributed by atoms with Crippen LogP contribution in [0.25, 0.3) is 6.08 Å². The van der Waals surface area contributed by atoms with Crippen LogP contribution in [0.15, 0.2) is 54.7 Å². The molecule has 168 valence electrons. The molecule has 2 N–H and O–H groups in total. The van der Waals surface area contributed by atoms with Gasteiger partial charge in [0.15, 0.2) is 17.3 Å². The predicted octanol–water partition coefficient (Wildman–Crippen LogP) is 3.97. The number of ether oxygens (including phenoxy) is 3. The van der Waals surface area contributed by atoms with E-state index >= 15 is 0 Å². The third-order valence-electron chi connectivity index (χ3n) is 4.91. The second-order valence-corrected chi connectivity index (χ2v) is 7.14. The van der Waals surface area contributed by atoms with E-state index in [4.69, 9.17) is 14.2 Å². The molecular formula is C24H18FNO7. The number of halogens is 1. The number of aromatic nitrogens is 1. The molecule has 0 saturated heterocycles. The number of aromatic hydroxyl groups is 2. The minimum absolute atomic E-state index is 0.0187. The summed E-state index contributed by atoms with van der Waals surface area (Å²) in [6.07, 6.45) is 2.66. The molecule has 1 aromatic heterocycles. The molecule has 1 aliphatic rings. The van der Waals surface area contributed by atoms with Crippen molar-refractivity contribution in [2.45, 2.75) is 12.5 Å².